The summed E-state index contributed by atoms with van der Waals surface area (Å²) in [6, 6.07) is 15.0. The van der Waals surface area contributed by atoms with Crippen LogP contribution in [-0.2, 0) is 6.54 Å². The Bertz CT molecular complexity index is 992. The first-order chi connectivity index (χ1) is 12.8. The van der Waals surface area contributed by atoms with Crippen molar-refractivity contribution in [2.75, 3.05) is 0 Å². The Kier molecular flexibility index (Phi) is 4.21. The minimum absolute atomic E-state index is 0.130. The average Bonchev–Trinajstić information content (AvgIpc) is 3.40. The first kappa shape index (κ1) is 15.7. The Hall–Kier alpha value is -3.81. The van der Waals surface area contributed by atoms with Crippen LogP contribution in [-0.4, -0.2) is 36.1 Å². The number of benzene rings is 2. The topological polar surface area (TPSA) is 101 Å². The van der Waals surface area contributed by atoms with E-state index in [-0.39, 0.29) is 5.91 Å². The van der Waals surface area contributed by atoms with Crippen LogP contribution in [0.25, 0.3) is 17.1 Å². The number of hydrogen-bond acceptors (Lipinski definition) is 5. The summed E-state index contributed by atoms with van der Waals surface area (Å²) in [5.41, 5.74) is 3.33. The molecule has 128 valence electrons. The second-order valence-electron chi connectivity index (χ2n) is 5.64. The van der Waals surface area contributed by atoms with Crippen LogP contribution >= 0.6 is 0 Å². The van der Waals surface area contributed by atoms with Crippen molar-refractivity contribution in [1.82, 2.24) is 35.5 Å². The number of nitrogens with zero attached hydrogens (tertiary/aromatic N) is 5. The maximum Gasteiger partial charge on any atom is 0.251 e. The SMILES string of the molecule is O=C(NCc1ccc(-c2nn[nH]n2)cc1)c1cccc(-n2ccnc2)c1. The molecule has 2 heterocycles. The molecule has 0 saturated heterocycles. The van der Waals surface area contributed by atoms with E-state index >= 15 is 0 Å². The van der Waals surface area contributed by atoms with Gasteiger partial charge in [-0.25, -0.2) is 4.98 Å². The molecule has 0 unspecified atom stereocenters. The molecule has 1 amide bonds. The molecule has 8 nitrogen and oxygen atoms in total. The van der Waals surface area contributed by atoms with Crippen LogP contribution in [0.3, 0.4) is 0 Å². The maximum atomic E-state index is 12.4. The highest BCUT2D eigenvalue weighted by Crippen LogP contribution is 2.14. The largest absolute Gasteiger partial charge is 0.348 e. The van der Waals surface area contributed by atoms with E-state index in [1.54, 1.807) is 18.6 Å². The molecule has 2 aromatic carbocycles. The van der Waals surface area contributed by atoms with Crippen LogP contribution in [0.4, 0.5) is 0 Å². The number of tetrazole rings is 1. The van der Waals surface area contributed by atoms with Crippen LogP contribution in [0.15, 0.2) is 67.3 Å². The lowest BCUT2D eigenvalue weighted by Crippen LogP contribution is -2.22. The van der Waals surface area contributed by atoms with E-state index in [2.05, 4.69) is 30.9 Å². The summed E-state index contributed by atoms with van der Waals surface area (Å²) < 4.78 is 1.85. The van der Waals surface area contributed by atoms with Crippen molar-refractivity contribution in [3.8, 4) is 17.1 Å². The standard InChI is InChI=1S/C18H15N7O/c26-18(15-2-1-3-16(10-15)25-9-8-19-12-25)20-11-13-4-6-14(7-5-13)17-21-23-24-22-17/h1-10,12H,11H2,(H,20,26)(H,21,22,23,24). The maximum absolute atomic E-state index is 12.4. The number of aromatic amines is 1. The van der Waals surface area contributed by atoms with Gasteiger partial charge >= 0.3 is 0 Å². The number of imidazole rings is 1. The summed E-state index contributed by atoms with van der Waals surface area (Å²) in [7, 11) is 0. The second-order valence-corrected chi connectivity index (χ2v) is 5.64. The molecule has 2 aromatic heterocycles. The molecule has 0 aliphatic heterocycles. The number of nitrogens with one attached hydrogen (secondary N) is 2. The molecule has 8 heteroatoms. The van der Waals surface area contributed by atoms with Gasteiger partial charge in [0, 0.05) is 35.8 Å². The van der Waals surface area contributed by atoms with Gasteiger partial charge in [-0.3, -0.25) is 4.79 Å². The summed E-state index contributed by atoms with van der Waals surface area (Å²) in [6.45, 7) is 0.431. The summed E-state index contributed by atoms with van der Waals surface area (Å²) >= 11 is 0. The van der Waals surface area contributed by atoms with Gasteiger partial charge in [-0.2, -0.15) is 5.21 Å². The first-order valence-electron chi connectivity index (χ1n) is 7.99. The third-order valence-corrected chi connectivity index (χ3v) is 3.92. The number of hydrogen-bond donors (Lipinski definition) is 2. The predicted octanol–water partition coefficient (Wildman–Crippen LogP) is 1.98. The minimum atomic E-state index is -0.130. The fraction of sp³-hybridized carbons (Fsp3) is 0.0556. The Labute approximate surface area is 148 Å². The molecule has 0 spiro atoms. The molecule has 0 saturated carbocycles. The van der Waals surface area contributed by atoms with Gasteiger partial charge in [0.2, 0.25) is 5.82 Å². The fourth-order valence-electron chi connectivity index (χ4n) is 2.56. The molecule has 0 aliphatic carbocycles. The molecule has 0 radical (unpaired) electrons. The third-order valence-electron chi connectivity index (χ3n) is 3.92. The monoisotopic (exact) mass is 345 g/mol. The van der Waals surface area contributed by atoms with Gasteiger partial charge in [0.25, 0.3) is 5.91 Å². The molecule has 0 fully saturated rings. The molecular weight excluding hydrogens is 330 g/mol. The number of carbonyl (C=O) groups excluding carboxylic acids is 1. The van der Waals surface area contributed by atoms with Gasteiger partial charge in [0.05, 0.1) is 6.33 Å². The second kappa shape index (κ2) is 6.98. The highest BCUT2D eigenvalue weighted by atomic mass is 16.1. The van der Waals surface area contributed by atoms with Crippen molar-refractivity contribution in [2.24, 2.45) is 0 Å². The van der Waals surface area contributed by atoms with E-state index < -0.39 is 0 Å². The third kappa shape index (κ3) is 3.34. The highest BCUT2D eigenvalue weighted by molar-refractivity contribution is 5.94. The molecular formula is C18H15N7O. The number of aromatic nitrogens is 6. The zero-order chi connectivity index (χ0) is 17.8. The molecule has 0 aliphatic rings. The summed E-state index contributed by atoms with van der Waals surface area (Å²) in [5.74, 6) is 0.408. The lowest BCUT2D eigenvalue weighted by molar-refractivity contribution is 0.0951. The highest BCUT2D eigenvalue weighted by Gasteiger charge is 2.08. The van der Waals surface area contributed by atoms with Gasteiger partial charge < -0.3 is 9.88 Å². The Morgan fingerprint density at radius 3 is 2.77 bits per heavy atom. The molecule has 2 N–H and O–H groups in total. The Morgan fingerprint density at radius 2 is 2.04 bits per heavy atom. The van der Waals surface area contributed by atoms with E-state index in [9.17, 15) is 4.79 Å². The molecule has 4 aromatic rings. The van der Waals surface area contributed by atoms with Crippen LogP contribution in [0.1, 0.15) is 15.9 Å². The van der Waals surface area contributed by atoms with Crippen molar-refractivity contribution in [2.45, 2.75) is 6.54 Å². The zero-order valence-electron chi connectivity index (χ0n) is 13.7. The van der Waals surface area contributed by atoms with Gasteiger partial charge in [0.1, 0.15) is 0 Å². The lowest BCUT2D eigenvalue weighted by atomic mass is 10.1. The lowest BCUT2D eigenvalue weighted by Gasteiger charge is -2.08. The number of H-pyrrole nitrogens is 1. The van der Waals surface area contributed by atoms with Crippen LogP contribution in [0.2, 0.25) is 0 Å². The van der Waals surface area contributed by atoms with Crippen molar-refractivity contribution in [3.05, 3.63) is 78.4 Å². The minimum Gasteiger partial charge on any atom is -0.348 e. The molecule has 0 bridgehead atoms. The molecule has 26 heavy (non-hydrogen) atoms. The van der Waals surface area contributed by atoms with Gasteiger partial charge in [-0.05, 0) is 29.0 Å². The quantitative estimate of drug-likeness (QED) is 0.576. The van der Waals surface area contributed by atoms with Crippen molar-refractivity contribution >= 4 is 5.91 Å². The number of rotatable bonds is 5. The predicted molar refractivity (Wildman–Crippen MR) is 94.3 cm³/mol. The van der Waals surface area contributed by atoms with E-state index in [1.165, 1.54) is 0 Å². The van der Waals surface area contributed by atoms with E-state index in [0.29, 0.717) is 17.9 Å². The molecule has 4 rings (SSSR count). The Morgan fingerprint density at radius 1 is 1.15 bits per heavy atom. The first-order valence-corrected chi connectivity index (χ1v) is 7.99. The Balaban J connectivity index is 1.42. The summed E-state index contributed by atoms with van der Waals surface area (Å²) in [6.07, 6.45) is 5.23. The smallest absolute Gasteiger partial charge is 0.251 e. The van der Waals surface area contributed by atoms with E-state index in [0.717, 1.165) is 16.8 Å². The van der Waals surface area contributed by atoms with Crippen LogP contribution in [0, 0.1) is 0 Å². The van der Waals surface area contributed by atoms with E-state index in [1.807, 2.05) is 53.2 Å². The average molecular weight is 345 g/mol. The summed E-state index contributed by atoms with van der Waals surface area (Å²) in [4.78, 5) is 16.4. The van der Waals surface area contributed by atoms with Crippen LogP contribution < -0.4 is 5.32 Å². The fourth-order valence-corrected chi connectivity index (χ4v) is 2.56. The number of carbonyl (C=O) groups is 1. The number of amides is 1. The van der Waals surface area contributed by atoms with Gasteiger partial charge in [-0.1, -0.05) is 30.3 Å². The summed E-state index contributed by atoms with van der Waals surface area (Å²) in [5, 5.41) is 16.8. The van der Waals surface area contributed by atoms with Gasteiger partial charge in [-0.15, -0.1) is 10.2 Å². The normalized spacial score (nSPS) is 10.6. The van der Waals surface area contributed by atoms with Crippen molar-refractivity contribution < 1.29 is 4.79 Å². The van der Waals surface area contributed by atoms with Crippen molar-refractivity contribution in [1.29, 1.82) is 0 Å². The van der Waals surface area contributed by atoms with Crippen molar-refractivity contribution in [3.63, 3.8) is 0 Å². The van der Waals surface area contributed by atoms with E-state index in [4.69, 9.17) is 0 Å². The van der Waals surface area contributed by atoms with Gasteiger partial charge in [0.15, 0.2) is 0 Å². The molecule has 0 atom stereocenters. The van der Waals surface area contributed by atoms with Crippen LogP contribution in [0.5, 0.6) is 0 Å². The zero-order valence-corrected chi connectivity index (χ0v) is 13.7.